The molecule has 0 aromatic heterocycles. The first-order valence-electron chi connectivity index (χ1n) is 5.51. The Morgan fingerprint density at radius 3 is 1.43 bits per heavy atom. The van der Waals surface area contributed by atoms with Crippen LogP contribution in [0.3, 0.4) is 0 Å². The average Bonchev–Trinajstić information content (AvgIpc) is 2.37. The van der Waals surface area contributed by atoms with E-state index in [0.29, 0.717) is 0 Å². The fraction of sp³-hybridized carbons (Fsp3) is 1.00. The SMILES string of the molecule is CO[Si](CCCOC(F)(C(F)(F)F)C(F)(F)F)(OC)OC. The molecule has 0 saturated heterocycles. The largest absolute Gasteiger partial charge is 0.500 e. The first-order valence-corrected chi connectivity index (χ1v) is 7.44. The minimum Gasteiger partial charge on any atom is -0.377 e. The molecule has 0 aliphatic heterocycles. The third-order valence-electron chi connectivity index (χ3n) is 2.59. The van der Waals surface area contributed by atoms with Crippen molar-refractivity contribution in [2.24, 2.45) is 0 Å². The standard InChI is InChI=1S/C9H15F7O4Si/c1-17-21(18-2,19-3)6-4-5-20-7(10,8(11,12)13)9(14,15)16/h4-6H2,1-3H3. The van der Waals surface area contributed by atoms with Crippen LogP contribution in [0.25, 0.3) is 0 Å². The lowest BCUT2D eigenvalue weighted by Crippen LogP contribution is -2.55. The molecule has 0 spiro atoms. The fourth-order valence-corrected chi connectivity index (χ4v) is 3.07. The Morgan fingerprint density at radius 1 is 0.762 bits per heavy atom. The van der Waals surface area contributed by atoms with E-state index in [4.69, 9.17) is 13.3 Å². The van der Waals surface area contributed by atoms with Crippen molar-refractivity contribution in [3.05, 3.63) is 0 Å². The fourth-order valence-electron chi connectivity index (χ4n) is 1.38. The topological polar surface area (TPSA) is 36.9 Å². The third kappa shape index (κ3) is 4.77. The second-order valence-corrected chi connectivity index (χ2v) is 6.93. The van der Waals surface area contributed by atoms with Crippen LogP contribution in [0.2, 0.25) is 6.04 Å². The molecule has 0 fully saturated rings. The molecule has 4 nitrogen and oxygen atoms in total. The van der Waals surface area contributed by atoms with E-state index >= 15 is 0 Å². The second kappa shape index (κ2) is 7.22. The molecule has 0 N–H and O–H groups in total. The molecular weight excluding hydrogens is 333 g/mol. The van der Waals surface area contributed by atoms with E-state index in [2.05, 4.69) is 4.74 Å². The average molecular weight is 348 g/mol. The van der Waals surface area contributed by atoms with Gasteiger partial charge in [0.1, 0.15) is 0 Å². The molecule has 0 atom stereocenters. The summed E-state index contributed by atoms with van der Waals surface area (Å²) in [5.74, 6) is -5.71. The van der Waals surface area contributed by atoms with Crippen LogP contribution in [0.1, 0.15) is 6.42 Å². The van der Waals surface area contributed by atoms with Gasteiger partial charge in [-0.05, 0) is 6.42 Å². The molecule has 12 heteroatoms. The van der Waals surface area contributed by atoms with Crippen molar-refractivity contribution in [3.63, 3.8) is 0 Å². The maximum Gasteiger partial charge on any atom is 0.500 e. The molecule has 0 radical (unpaired) electrons. The van der Waals surface area contributed by atoms with Gasteiger partial charge in [-0.2, -0.15) is 30.7 Å². The van der Waals surface area contributed by atoms with Gasteiger partial charge >= 0.3 is 27.0 Å². The lowest BCUT2D eigenvalue weighted by Gasteiger charge is -2.30. The molecule has 128 valence electrons. The second-order valence-electron chi connectivity index (χ2n) is 3.84. The molecule has 0 aromatic carbocycles. The van der Waals surface area contributed by atoms with Crippen LogP contribution in [0.5, 0.6) is 0 Å². The number of hydrogen-bond acceptors (Lipinski definition) is 4. The van der Waals surface area contributed by atoms with Crippen molar-refractivity contribution in [1.29, 1.82) is 0 Å². The van der Waals surface area contributed by atoms with Crippen molar-refractivity contribution >= 4 is 8.80 Å². The van der Waals surface area contributed by atoms with Gasteiger partial charge in [-0.25, -0.2) is 0 Å². The third-order valence-corrected chi connectivity index (χ3v) is 5.42. The zero-order valence-corrected chi connectivity index (χ0v) is 12.4. The zero-order valence-electron chi connectivity index (χ0n) is 11.4. The number of alkyl halides is 7. The quantitative estimate of drug-likeness (QED) is 0.384. The van der Waals surface area contributed by atoms with Gasteiger partial charge in [0, 0.05) is 27.4 Å². The van der Waals surface area contributed by atoms with Gasteiger partial charge in [0.15, 0.2) is 0 Å². The van der Waals surface area contributed by atoms with Crippen molar-refractivity contribution in [1.82, 2.24) is 0 Å². The summed E-state index contributed by atoms with van der Waals surface area (Å²) >= 11 is 0. The molecule has 0 aliphatic carbocycles. The normalized spacial score (nSPS) is 14.6. The van der Waals surface area contributed by atoms with Crippen LogP contribution >= 0.6 is 0 Å². The molecule has 0 bridgehead atoms. The van der Waals surface area contributed by atoms with Gasteiger partial charge in [0.05, 0.1) is 6.61 Å². The summed E-state index contributed by atoms with van der Waals surface area (Å²) in [6, 6.07) is -0.137. The summed E-state index contributed by atoms with van der Waals surface area (Å²) < 4.78 is 104. The lowest BCUT2D eigenvalue weighted by molar-refractivity contribution is -0.429. The van der Waals surface area contributed by atoms with Gasteiger partial charge in [-0.1, -0.05) is 0 Å². The van der Waals surface area contributed by atoms with Crippen molar-refractivity contribution < 1.29 is 48.7 Å². The minimum absolute atomic E-state index is 0.137. The first kappa shape index (κ1) is 20.6. The highest BCUT2D eigenvalue weighted by molar-refractivity contribution is 6.60. The number of hydrogen-bond donors (Lipinski definition) is 0. The molecule has 0 heterocycles. The van der Waals surface area contributed by atoms with E-state index in [-0.39, 0.29) is 12.5 Å². The van der Waals surface area contributed by atoms with Gasteiger partial charge in [0.25, 0.3) is 0 Å². The maximum atomic E-state index is 13.1. The highest BCUT2D eigenvalue weighted by atomic mass is 28.4. The molecule has 0 saturated carbocycles. The Labute approximate surface area is 117 Å². The van der Waals surface area contributed by atoms with E-state index in [0.717, 1.165) is 0 Å². The molecule has 21 heavy (non-hydrogen) atoms. The summed E-state index contributed by atoms with van der Waals surface area (Å²) in [6.45, 7) is -1.14. The molecule has 0 amide bonds. The monoisotopic (exact) mass is 348 g/mol. The number of rotatable bonds is 8. The Balaban J connectivity index is 4.69. The van der Waals surface area contributed by atoms with Crippen molar-refractivity contribution in [2.75, 3.05) is 27.9 Å². The smallest absolute Gasteiger partial charge is 0.377 e. The molecule has 0 aromatic rings. The Hall–Kier alpha value is -0.433. The molecule has 0 aliphatic rings. The van der Waals surface area contributed by atoms with Crippen LogP contribution < -0.4 is 0 Å². The van der Waals surface area contributed by atoms with E-state index in [1.165, 1.54) is 21.3 Å². The van der Waals surface area contributed by atoms with Crippen molar-refractivity contribution in [2.45, 2.75) is 30.7 Å². The number of halogens is 7. The van der Waals surface area contributed by atoms with Gasteiger partial charge in [0.2, 0.25) is 0 Å². The Bertz CT molecular complexity index is 294. The summed E-state index contributed by atoms with van der Waals surface area (Å²) in [5, 5.41) is 0. The van der Waals surface area contributed by atoms with Crippen LogP contribution in [-0.4, -0.2) is 54.9 Å². The lowest BCUT2D eigenvalue weighted by atomic mass is 10.3. The van der Waals surface area contributed by atoms with Gasteiger partial charge in [-0.3, -0.25) is 0 Å². The van der Waals surface area contributed by atoms with Gasteiger partial charge in [-0.15, -0.1) is 0 Å². The minimum atomic E-state index is -6.23. The van der Waals surface area contributed by atoms with Crippen LogP contribution in [-0.2, 0) is 18.0 Å². The molecule has 0 unspecified atom stereocenters. The molecule has 0 rings (SSSR count). The first-order chi connectivity index (χ1) is 9.39. The summed E-state index contributed by atoms with van der Waals surface area (Å²) in [6.07, 6.45) is -12.8. The zero-order chi connectivity index (χ0) is 16.9. The summed E-state index contributed by atoms with van der Waals surface area (Å²) in [4.78, 5) is 0. The van der Waals surface area contributed by atoms with Crippen LogP contribution in [0, 0.1) is 0 Å². The van der Waals surface area contributed by atoms with Gasteiger partial charge < -0.3 is 18.0 Å². The van der Waals surface area contributed by atoms with Crippen LogP contribution in [0.4, 0.5) is 30.7 Å². The highest BCUT2D eigenvalue weighted by Gasteiger charge is 2.74. The summed E-state index contributed by atoms with van der Waals surface area (Å²) in [5.41, 5.74) is 0. The van der Waals surface area contributed by atoms with Crippen LogP contribution in [0.15, 0.2) is 0 Å². The highest BCUT2D eigenvalue weighted by Crippen LogP contribution is 2.47. The predicted octanol–water partition coefficient (Wildman–Crippen LogP) is 3.06. The summed E-state index contributed by atoms with van der Waals surface area (Å²) in [7, 11) is 0.469. The Morgan fingerprint density at radius 2 is 1.14 bits per heavy atom. The maximum absolute atomic E-state index is 13.1. The predicted molar refractivity (Wildman–Crippen MR) is 58.1 cm³/mol. The van der Waals surface area contributed by atoms with E-state index in [1.807, 2.05) is 0 Å². The van der Waals surface area contributed by atoms with E-state index in [1.54, 1.807) is 0 Å². The molecular formula is C9H15F7O4Si. The van der Waals surface area contributed by atoms with E-state index < -0.39 is 33.6 Å². The van der Waals surface area contributed by atoms with E-state index in [9.17, 15) is 30.7 Å². The number of ether oxygens (including phenoxy) is 1. The Kier molecular flexibility index (Phi) is 7.07. The van der Waals surface area contributed by atoms with Crippen molar-refractivity contribution in [3.8, 4) is 0 Å².